The quantitative estimate of drug-likeness (QED) is 0.896. The summed E-state index contributed by atoms with van der Waals surface area (Å²) in [5, 5.41) is 5.68. The summed E-state index contributed by atoms with van der Waals surface area (Å²) < 4.78 is 45.5. The molecular weight excluding hydrogens is 325 g/mol. The molecule has 2 atom stereocenters. The van der Waals surface area contributed by atoms with E-state index in [1.807, 2.05) is 0 Å². The Hall–Kier alpha value is -2.22. The van der Waals surface area contributed by atoms with Gasteiger partial charge >= 0.3 is 6.36 Å². The fourth-order valence-electron chi connectivity index (χ4n) is 3.03. The van der Waals surface area contributed by atoms with Gasteiger partial charge in [-0.05, 0) is 43.5 Å². The molecule has 0 bridgehead atoms. The van der Waals surface area contributed by atoms with Crippen LogP contribution in [0.1, 0.15) is 30.1 Å². The topological polar surface area (TPSA) is 67.3 Å². The van der Waals surface area contributed by atoms with Gasteiger partial charge in [0.25, 0.3) is 5.56 Å². The Balaban J connectivity index is 1.60. The fourth-order valence-corrected chi connectivity index (χ4v) is 3.03. The highest BCUT2D eigenvalue weighted by atomic mass is 19.4. The number of nitrogens with one attached hydrogen (secondary N) is 2. The summed E-state index contributed by atoms with van der Waals surface area (Å²) in [5.74, 6) is 0.582. The lowest BCUT2D eigenvalue weighted by Crippen LogP contribution is -2.38. The molecule has 1 aromatic carbocycles. The molecule has 2 aromatic rings. The van der Waals surface area contributed by atoms with E-state index in [1.165, 1.54) is 18.2 Å². The average Bonchev–Trinajstić information content (AvgIpc) is 2.95. The number of halogens is 3. The van der Waals surface area contributed by atoms with Gasteiger partial charge in [0.15, 0.2) is 0 Å². The molecule has 0 aliphatic carbocycles. The van der Waals surface area contributed by atoms with Crippen LogP contribution in [0.4, 0.5) is 13.2 Å². The van der Waals surface area contributed by atoms with Gasteiger partial charge < -0.3 is 14.6 Å². The molecule has 0 amide bonds. The highest BCUT2D eigenvalue weighted by molar-refractivity contribution is 5.28. The Labute approximate surface area is 135 Å². The van der Waals surface area contributed by atoms with Gasteiger partial charge in [-0.1, -0.05) is 12.1 Å². The van der Waals surface area contributed by atoms with Gasteiger partial charge in [0.05, 0.1) is 0 Å². The van der Waals surface area contributed by atoms with Gasteiger partial charge in [-0.2, -0.15) is 5.16 Å². The number of hydrogen-bond acceptors (Lipinski definition) is 4. The molecule has 1 fully saturated rings. The third-order valence-electron chi connectivity index (χ3n) is 4.08. The molecule has 1 aliphatic rings. The molecule has 8 heteroatoms. The lowest BCUT2D eigenvalue weighted by atomic mass is 9.87. The number of benzene rings is 1. The van der Waals surface area contributed by atoms with Crippen LogP contribution in [0.3, 0.4) is 0 Å². The lowest BCUT2D eigenvalue weighted by Gasteiger charge is -2.29. The van der Waals surface area contributed by atoms with Gasteiger partial charge in [-0.25, -0.2) is 0 Å². The third-order valence-corrected chi connectivity index (χ3v) is 4.08. The molecule has 3 rings (SSSR count). The second-order valence-corrected chi connectivity index (χ2v) is 5.88. The number of aromatic nitrogens is 1. The van der Waals surface area contributed by atoms with Crippen molar-refractivity contribution in [2.75, 3.05) is 6.54 Å². The van der Waals surface area contributed by atoms with Crippen LogP contribution in [0.25, 0.3) is 0 Å². The molecule has 1 aromatic heterocycles. The van der Waals surface area contributed by atoms with Crippen molar-refractivity contribution in [1.82, 2.24) is 10.5 Å². The summed E-state index contributed by atoms with van der Waals surface area (Å²) in [4.78, 5) is 11.2. The summed E-state index contributed by atoms with van der Waals surface area (Å²) in [6.45, 7) is 0.791. The second-order valence-electron chi connectivity index (χ2n) is 5.88. The van der Waals surface area contributed by atoms with Crippen molar-refractivity contribution in [2.24, 2.45) is 0 Å². The Kier molecular flexibility index (Phi) is 4.66. The van der Waals surface area contributed by atoms with E-state index >= 15 is 0 Å². The summed E-state index contributed by atoms with van der Waals surface area (Å²) in [6.07, 6.45) is -2.34. The summed E-state index contributed by atoms with van der Waals surface area (Å²) in [7, 11) is 0. The average molecular weight is 342 g/mol. The maximum absolute atomic E-state index is 12.2. The van der Waals surface area contributed by atoms with Gasteiger partial charge in [0, 0.05) is 18.0 Å². The Morgan fingerprint density at radius 2 is 2.00 bits per heavy atom. The fraction of sp³-hybridized carbons (Fsp3) is 0.438. The van der Waals surface area contributed by atoms with Crippen LogP contribution in [-0.4, -0.2) is 24.1 Å². The van der Waals surface area contributed by atoms with Crippen LogP contribution in [0.5, 0.6) is 5.75 Å². The van der Waals surface area contributed by atoms with Crippen LogP contribution in [0.2, 0.25) is 0 Å². The van der Waals surface area contributed by atoms with E-state index in [0.29, 0.717) is 12.2 Å². The number of rotatable bonds is 4. The SMILES string of the molecule is O=c1cc([C@@H]2CCN[C@@H](Cc3ccc(OC(F)(F)F)cc3)C2)o[nH]1. The van der Waals surface area contributed by atoms with Crippen molar-refractivity contribution in [3.63, 3.8) is 0 Å². The minimum absolute atomic E-state index is 0.156. The molecule has 1 aliphatic heterocycles. The smallest absolute Gasteiger partial charge is 0.406 e. The van der Waals surface area contributed by atoms with Crippen molar-refractivity contribution in [2.45, 2.75) is 37.6 Å². The zero-order valence-corrected chi connectivity index (χ0v) is 12.7. The summed E-state index contributed by atoms with van der Waals surface area (Å²) in [5.41, 5.74) is 0.665. The molecule has 5 nitrogen and oxygen atoms in total. The first-order valence-electron chi connectivity index (χ1n) is 7.65. The zero-order chi connectivity index (χ0) is 17.2. The molecule has 1 saturated heterocycles. The minimum atomic E-state index is -4.68. The Morgan fingerprint density at radius 1 is 1.25 bits per heavy atom. The first kappa shape index (κ1) is 16.6. The number of hydrogen-bond donors (Lipinski definition) is 2. The van der Waals surface area contributed by atoms with E-state index in [0.717, 1.165) is 24.9 Å². The molecular formula is C16H17F3N2O3. The Morgan fingerprint density at radius 3 is 2.62 bits per heavy atom. The molecule has 0 spiro atoms. The third kappa shape index (κ3) is 4.41. The molecule has 0 unspecified atom stereocenters. The van der Waals surface area contributed by atoms with Crippen molar-refractivity contribution >= 4 is 0 Å². The van der Waals surface area contributed by atoms with Crippen LogP contribution in [-0.2, 0) is 6.42 Å². The molecule has 2 heterocycles. The highest BCUT2D eigenvalue weighted by Crippen LogP contribution is 2.28. The van der Waals surface area contributed by atoms with Gasteiger partial charge in [-0.3, -0.25) is 4.79 Å². The zero-order valence-electron chi connectivity index (χ0n) is 12.7. The standard InChI is InChI=1S/C16H17F3N2O3/c17-16(18,19)23-13-3-1-10(2-4-13)7-12-8-11(5-6-20-12)14-9-15(22)21-24-14/h1-4,9,11-12,20H,5-8H2,(H,21,22)/t11-,12+/m1/s1. The van der Waals surface area contributed by atoms with E-state index in [1.54, 1.807) is 12.1 Å². The van der Waals surface area contributed by atoms with Gasteiger partial charge in [0.2, 0.25) is 0 Å². The van der Waals surface area contributed by atoms with Crippen molar-refractivity contribution in [3.8, 4) is 5.75 Å². The first-order valence-corrected chi connectivity index (χ1v) is 7.65. The monoisotopic (exact) mass is 342 g/mol. The number of piperidine rings is 1. The van der Waals surface area contributed by atoms with E-state index in [4.69, 9.17) is 4.52 Å². The summed E-state index contributed by atoms with van der Waals surface area (Å²) in [6, 6.07) is 7.52. The van der Waals surface area contributed by atoms with Crippen LogP contribution in [0.15, 0.2) is 39.6 Å². The summed E-state index contributed by atoms with van der Waals surface area (Å²) >= 11 is 0. The second kappa shape index (κ2) is 6.72. The first-order chi connectivity index (χ1) is 11.4. The maximum atomic E-state index is 12.2. The minimum Gasteiger partial charge on any atom is -0.406 e. The predicted octanol–water partition coefficient (Wildman–Crippen LogP) is 2.94. The number of aromatic amines is 1. The van der Waals surface area contributed by atoms with Crippen LogP contribution in [0, 0.1) is 0 Å². The van der Waals surface area contributed by atoms with E-state index in [9.17, 15) is 18.0 Å². The van der Waals surface area contributed by atoms with Crippen LogP contribution >= 0.6 is 0 Å². The van der Waals surface area contributed by atoms with E-state index in [2.05, 4.69) is 15.2 Å². The molecule has 24 heavy (non-hydrogen) atoms. The molecule has 2 N–H and O–H groups in total. The van der Waals surface area contributed by atoms with Crippen molar-refractivity contribution in [3.05, 3.63) is 52.0 Å². The van der Waals surface area contributed by atoms with E-state index < -0.39 is 6.36 Å². The highest BCUT2D eigenvalue weighted by Gasteiger charge is 2.31. The van der Waals surface area contributed by atoms with Crippen molar-refractivity contribution < 1.29 is 22.4 Å². The largest absolute Gasteiger partial charge is 0.573 e. The van der Waals surface area contributed by atoms with Gasteiger partial charge in [0.1, 0.15) is 11.5 Å². The molecule has 130 valence electrons. The maximum Gasteiger partial charge on any atom is 0.573 e. The lowest BCUT2D eigenvalue weighted by molar-refractivity contribution is -0.274. The molecule has 0 radical (unpaired) electrons. The Bertz CT molecular complexity index is 721. The van der Waals surface area contributed by atoms with Crippen molar-refractivity contribution in [1.29, 1.82) is 0 Å². The van der Waals surface area contributed by atoms with Crippen LogP contribution < -0.4 is 15.6 Å². The number of alkyl halides is 3. The van der Waals surface area contributed by atoms with Gasteiger partial charge in [-0.15, -0.1) is 13.2 Å². The number of ether oxygens (including phenoxy) is 1. The van der Waals surface area contributed by atoms with E-state index in [-0.39, 0.29) is 23.3 Å². The number of H-pyrrole nitrogens is 1. The molecule has 0 saturated carbocycles. The normalized spacial score (nSPS) is 21.6. The predicted molar refractivity (Wildman–Crippen MR) is 79.9 cm³/mol.